The van der Waals surface area contributed by atoms with E-state index in [0.29, 0.717) is 4.47 Å². The summed E-state index contributed by atoms with van der Waals surface area (Å²) in [4.78, 5) is 2.36. The van der Waals surface area contributed by atoms with Crippen LogP contribution in [0.3, 0.4) is 0 Å². The Bertz CT molecular complexity index is 321. The second-order valence-corrected chi connectivity index (χ2v) is 4.49. The van der Waals surface area contributed by atoms with Crippen molar-refractivity contribution in [2.75, 3.05) is 13.1 Å². The van der Waals surface area contributed by atoms with Gasteiger partial charge >= 0.3 is 0 Å². The molecule has 0 atom stereocenters. The normalized spacial score (nSPS) is 17.6. The van der Waals surface area contributed by atoms with Crippen LogP contribution in [0.5, 0.6) is 0 Å². The van der Waals surface area contributed by atoms with Crippen LogP contribution in [-0.2, 0) is 6.54 Å². The lowest BCUT2D eigenvalue weighted by Crippen LogP contribution is -2.18. The predicted octanol–water partition coefficient (Wildman–Crippen LogP) is 3.18. The summed E-state index contributed by atoms with van der Waals surface area (Å²) in [6, 6.07) is 5.23. The molecule has 0 radical (unpaired) electrons. The van der Waals surface area contributed by atoms with Gasteiger partial charge in [0.1, 0.15) is 5.82 Å². The summed E-state index contributed by atoms with van der Waals surface area (Å²) in [5.41, 5.74) is 1.05. The third kappa shape index (κ3) is 2.15. The molecule has 1 fully saturated rings. The van der Waals surface area contributed by atoms with E-state index in [-0.39, 0.29) is 5.82 Å². The van der Waals surface area contributed by atoms with Crippen LogP contribution >= 0.6 is 15.9 Å². The first-order valence-corrected chi connectivity index (χ1v) is 5.72. The smallest absolute Gasteiger partial charge is 0.137 e. The van der Waals surface area contributed by atoms with Crippen LogP contribution in [0.1, 0.15) is 18.4 Å². The molecule has 1 aromatic carbocycles. The molecule has 76 valence electrons. The van der Waals surface area contributed by atoms with Crippen LogP contribution in [0.25, 0.3) is 0 Å². The topological polar surface area (TPSA) is 3.24 Å². The summed E-state index contributed by atoms with van der Waals surface area (Å²) < 4.78 is 13.8. The summed E-state index contributed by atoms with van der Waals surface area (Å²) in [5.74, 6) is -0.165. The molecule has 1 aliphatic heterocycles. The largest absolute Gasteiger partial charge is 0.299 e. The molecule has 1 nitrogen and oxygen atoms in total. The van der Waals surface area contributed by atoms with Gasteiger partial charge in [-0.3, -0.25) is 4.90 Å². The van der Waals surface area contributed by atoms with Gasteiger partial charge in [0.05, 0.1) is 4.47 Å². The zero-order valence-electron chi connectivity index (χ0n) is 7.97. The summed E-state index contributed by atoms with van der Waals surface area (Å²) >= 11 is 3.29. The van der Waals surface area contributed by atoms with Crippen LogP contribution in [0.4, 0.5) is 4.39 Å². The van der Waals surface area contributed by atoms with E-state index < -0.39 is 0 Å². The highest BCUT2D eigenvalue weighted by atomic mass is 79.9. The molecule has 0 unspecified atom stereocenters. The first-order valence-electron chi connectivity index (χ1n) is 4.92. The summed E-state index contributed by atoms with van der Waals surface area (Å²) in [7, 11) is 0. The van der Waals surface area contributed by atoms with E-state index in [0.717, 1.165) is 25.2 Å². The van der Waals surface area contributed by atoms with Gasteiger partial charge < -0.3 is 0 Å². The first-order chi connectivity index (χ1) is 6.77. The van der Waals surface area contributed by atoms with Crippen LogP contribution in [0.15, 0.2) is 22.7 Å². The number of nitrogens with zero attached hydrogens (tertiary/aromatic N) is 1. The molecule has 1 aromatic rings. The first kappa shape index (κ1) is 10.1. The van der Waals surface area contributed by atoms with Crippen molar-refractivity contribution in [1.82, 2.24) is 4.90 Å². The van der Waals surface area contributed by atoms with Crippen molar-refractivity contribution in [3.8, 4) is 0 Å². The minimum Gasteiger partial charge on any atom is -0.299 e. The van der Waals surface area contributed by atoms with Gasteiger partial charge in [-0.25, -0.2) is 4.39 Å². The standard InChI is InChI=1S/C11H13BrFN/c12-11-9(4-3-5-10(11)13)8-14-6-1-2-7-14/h3-5H,1-2,6-8H2. The zero-order valence-corrected chi connectivity index (χ0v) is 9.56. The molecule has 0 aliphatic carbocycles. The van der Waals surface area contributed by atoms with E-state index >= 15 is 0 Å². The Morgan fingerprint density at radius 2 is 2.00 bits per heavy atom. The summed E-state index contributed by atoms with van der Waals surface area (Å²) in [6.45, 7) is 3.14. The van der Waals surface area contributed by atoms with E-state index in [1.54, 1.807) is 6.07 Å². The van der Waals surface area contributed by atoms with Gasteiger partial charge in [0.15, 0.2) is 0 Å². The van der Waals surface area contributed by atoms with Gasteiger partial charge in [-0.05, 0) is 53.5 Å². The van der Waals surface area contributed by atoms with Crippen molar-refractivity contribution in [1.29, 1.82) is 0 Å². The van der Waals surface area contributed by atoms with Gasteiger partial charge in [-0.2, -0.15) is 0 Å². The molecule has 0 bridgehead atoms. The molecule has 1 saturated heterocycles. The fraction of sp³-hybridized carbons (Fsp3) is 0.455. The zero-order chi connectivity index (χ0) is 9.97. The van der Waals surface area contributed by atoms with Crippen LogP contribution in [-0.4, -0.2) is 18.0 Å². The molecule has 0 amide bonds. The Balaban J connectivity index is 2.11. The lowest BCUT2D eigenvalue weighted by atomic mass is 10.2. The minimum absolute atomic E-state index is 0.165. The maximum atomic E-state index is 13.2. The molecule has 0 aromatic heterocycles. The molecule has 1 heterocycles. The van der Waals surface area contributed by atoms with Crippen molar-refractivity contribution in [2.24, 2.45) is 0 Å². The third-order valence-corrected chi connectivity index (χ3v) is 3.51. The fourth-order valence-electron chi connectivity index (χ4n) is 1.85. The Labute approximate surface area is 92.0 Å². The Morgan fingerprint density at radius 1 is 1.29 bits per heavy atom. The minimum atomic E-state index is -0.165. The Morgan fingerprint density at radius 3 is 2.71 bits per heavy atom. The van der Waals surface area contributed by atoms with Gasteiger partial charge in [0.25, 0.3) is 0 Å². The quantitative estimate of drug-likeness (QED) is 0.787. The van der Waals surface area contributed by atoms with Crippen molar-refractivity contribution >= 4 is 15.9 Å². The molecule has 0 saturated carbocycles. The van der Waals surface area contributed by atoms with Crippen molar-refractivity contribution < 1.29 is 4.39 Å². The van der Waals surface area contributed by atoms with E-state index in [4.69, 9.17) is 0 Å². The van der Waals surface area contributed by atoms with Crippen LogP contribution in [0.2, 0.25) is 0 Å². The second-order valence-electron chi connectivity index (χ2n) is 3.70. The number of hydrogen-bond acceptors (Lipinski definition) is 1. The van der Waals surface area contributed by atoms with Crippen molar-refractivity contribution in [3.63, 3.8) is 0 Å². The number of hydrogen-bond donors (Lipinski definition) is 0. The fourth-order valence-corrected chi connectivity index (χ4v) is 2.24. The molecular formula is C11H13BrFN. The lowest BCUT2D eigenvalue weighted by Gasteiger charge is -2.15. The van der Waals surface area contributed by atoms with Gasteiger partial charge in [0.2, 0.25) is 0 Å². The monoisotopic (exact) mass is 257 g/mol. The van der Waals surface area contributed by atoms with E-state index in [1.165, 1.54) is 18.9 Å². The number of benzene rings is 1. The molecule has 0 spiro atoms. The molecule has 3 heteroatoms. The Kier molecular flexibility index (Phi) is 3.19. The second kappa shape index (κ2) is 4.41. The average Bonchev–Trinajstić information content (AvgIpc) is 2.66. The summed E-state index contributed by atoms with van der Waals surface area (Å²) in [6.07, 6.45) is 2.54. The maximum Gasteiger partial charge on any atom is 0.137 e. The van der Waals surface area contributed by atoms with Gasteiger partial charge in [-0.1, -0.05) is 12.1 Å². The average molecular weight is 258 g/mol. The molecular weight excluding hydrogens is 245 g/mol. The number of likely N-dealkylation sites (tertiary alicyclic amines) is 1. The summed E-state index contributed by atoms with van der Waals surface area (Å²) in [5, 5.41) is 0. The SMILES string of the molecule is Fc1cccc(CN2CCCC2)c1Br. The van der Waals surface area contributed by atoms with E-state index in [9.17, 15) is 4.39 Å². The highest BCUT2D eigenvalue weighted by Gasteiger charge is 2.14. The Hall–Kier alpha value is -0.410. The highest BCUT2D eigenvalue weighted by Crippen LogP contribution is 2.23. The van der Waals surface area contributed by atoms with E-state index in [2.05, 4.69) is 20.8 Å². The molecule has 14 heavy (non-hydrogen) atoms. The van der Waals surface area contributed by atoms with Crippen LogP contribution in [0, 0.1) is 5.82 Å². The van der Waals surface area contributed by atoms with Crippen molar-refractivity contribution in [2.45, 2.75) is 19.4 Å². The predicted molar refractivity (Wildman–Crippen MR) is 58.6 cm³/mol. The lowest BCUT2D eigenvalue weighted by molar-refractivity contribution is 0.330. The highest BCUT2D eigenvalue weighted by molar-refractivity contribution is 9.10. The van der Waals surface area contributed by atoms with Gasteiger partial charge in [0, 0.05) is 6.54 Å². The van der Waals surface area contributed by atoms with Crippen LogP contribution < -0.4 is 0 Å². The molecule has 0 N–H and O–H groups in total. The van der Waals surface area contributed by atoms with Crippen molar-refractivity contribution in [3.05, 3.63) is 34.1 Å². The van der Waals surface area contributed by atoms with E-state index in [1.807, 2.05) is 6.07 Å². The molecule has 2 rings (SSSR count). The third-order valence-electron chi connectivity index (χ3n) is 2.62. The number of rotatable bonds is 2. The number of halogens is 2. The maximum absolute atomic E-state index is 13.2. The molecule has 1 aliphatic rings. The van der Waals surface area contributed by atoms with Gasteiger partial charge in [-0.15, -0.1) is 0 Å².